The molecule has 4 rings (SSSR count). The second-order valence-electron chi connectivity index (χ2n) is 8.10. The van der Waals surface area contributed by atoms with Crippen molar-refractivity contribution in [1.82, 2.24) is 15.3 Å². The second-order valence-corrected chi connectivity index (χ2v) is 8.10. The van der Waals surface area contributed by atoms with E-state index >= 15 is 0 Å². The van der Waals surface area contributed by atoms with E-state index < -0.39 is 6.10 Å². The number of amides is 1. The van der Waals surface area contributed by atoms with Crippen LogP contribution in [0.1, 0.15) is 47.2 Å². The standard InChI is InChI=1S/C25H28N4O2/c1-17-8-9-18(25(31)29-23-6-2-3-7-24(23)30)13-20(17)15-27-21-10-11-22(28-16-21)19-5-4-12-26-14-19/h4-5,8-14,16,23-24,27,30H,2-3,6-7,15H2,1H3,(H,29,31)/t23-,24-/m0/s1. The molecule has 6 nitrogen and oxygen atoms in total. The second kappa shape index (κ2) is 9.71. The topological polar surface area (TPSA) is 87.1 Å². The van der Waals surface area contributed by atoms with E-state index in [4.69, 9.17) is 0 Å². The summed E-state index contributed by atoms with van der Waals surface area (Å²) in [5, 5.41) is 16.5. The smallest absolute Gasteiger partial charge is 0.251 e. The largest absolute Gasteiger partial charge is 0.391 e. The molecular weight excluding hydrogens is 388 g/mol. The van der Waals surface area contributed by atoms with Crippen LogP contribution in [0.25, 0.3) is 11.3 Å². The summed E-state index contributed by atoms with van der Waals surface area (Å²) in [5.41, 5.74) is 5.54. The predicted octanol–water partition coefficient (Wildman–Crippen LogP) is 4.10. The van der Waals surface area contributed by atoms with E-state index in [1.807, 2.05) is 49.4 Å². The van der Waals surface area contributed by atoms with Crippen LogP contribution in [0.3, 0.4) is 0 Å². The molecule has 1 amide bonds. The maximum Gasteiger partial charge on any atom is 0.251 e. The van der Waals surface area contributed by atoms with E-state index in [-0.39, 0.29) is 11.9 Å². The molecule has 0 radical (unpaired) electrons. The Balaban J connectivity index is 1.40. The van der Waals surface area contributed by atoms with Crippen molar-refractivity contribution in [3.63, 3.8) is 0 Å². The number of hydrogen-bond acceptors (Lipinski definition) is 5. The molecule has 3 aromatic rings. The molecule has 1 aliphatic rings. The highest BCUT2D eigenvalue weighted by Crippen LogP contribution is 2.21. The molecule has 160 valence electrons. The summed E-state index contributed by atoms with van der Waals surface area (Å²) in [6.45, 7) is 2.63. The van der Waals surface area contributed by atoms with Gasteiger partial charge in [0.1, 0.15) is 0 Å². The number of pyridine rings is 2. The molecule has 2 heterocycles. The van der Waals surface area contributed by atoms with Gasteiger partial charge < -0.3 is 15.7 Å². The Morgan fingerprint density at radius 1 is 1.13 bits per heavy atom. The number of hydrogen-bond donors (Lipinski definition) is 3. The molecule has 3 N–H and O–H groups in total. The lowest BCUT2D eigenvalue weighted by Gasteiger charge is -2.28. The maximum atomic E-state index is 12.7. The van der Waals surface area contributed by atoms with E-state index in [1.165, 1.54) is 0 Å². The van der Waals surface area contributed by atoms with Gasteiger partial charge in [0.2, 0.25) is 0 Å². The lowest BCUT2D eigenvalue weighted by molar-refractivity contribution is 0.0717. The van der Waals surface area contributed by atoms with Crippen molar-refractivity contribution in [2.75, 3.05) is 5.32 Å². The van der Waals surface area contributed by atoms with Crippen LogP contribution in [-0.4, -0.2) is 33.1 Å². The van der Waals surface area contributed by atoms with E-state index in [1.54, 1.807) is 18.6 Å². The Morgan fingerprint density at radius 3 is 2.74 bits per heavy atom. The minimum Gasteiger partial charge on any atom is -0.391 e. The van der Waals surface area contributed by atoms with E-state index in [0.717, 1.165) is 53.8 Å². The van der Waals surface area contributed by atoms with Crippen molar-refractivity contribution in [3.8, 4) is 11.3 Å². The minimum absolute atomic E-state index is 0.130. The number of aliphatic hydroxyl groups is 1. The van der Waals surface area contributed by atoms with Crippen LogP contribution >= 0.6 is 0 Å². The summed E-state index contributed by atoms with van der Waals surface area (Å²) < 4.78 is 0. The van der Waals surface area contributed by atoms with Crippen LogP contribution in [0.4, 0.5) is 5.69 Å². The molecule has 1 aromatic carbocycles. The molecule has 0 saturated heterocycles. The third kappa shape index (κ3) is 5.27. The van der Waals surface area contributed by atoms with Gasteiger partial charge in [0.15, 0.2) is 0 Å². The quantitative estimate of drug-likeness (QED) is 0.563. The molecule has 1 fully saturated rings. The van der Waals surface area contributed by atoms with Gasteiger partial charge in [-0.2, -0.15) is 0 Å². The number of nitrogens with one attached hydrogen (secondary N) is 2. The van der Waals surface area contributed by atoms with Crippen molar-refractivity contribution in [2.24, 2.45) is 0 Å². The molecule has 2 aromatic heterocycles. The Hall–Kier alpha value is -3.25. The first-order chi connectivity index (χ1) is 15.1. The van der Waals surface area contributed by atoms with Gasteiger partial charge in [0, 0.05) is 30.1 Å². The zero-order chi connectivity index (χ0) is 21.6. The van der Waals surface area contributed by atoms with Gasteiger partial charge in [-0.25, -0.2) is 0 Å². The van der Waals surface area contributed by atoms with Crippen molar-refractivity contribution in [3.05, 3.63) is 77.7 Å². The summed E-state index contributed by atoms with van der Waals surface area (Å²) in [4.78, 5) is 21.4. The van der Waals surface area contributed by atoms with Crippen LogP contribution in [0.2, 0.25) is 0 Å². The van der Waals surface area contributed by atoms with Gasteiger partial charge in [-0.15, -0.1) is 0 Å². The fourth-order valence-corrected chi connectivity index (χ4v) is 3.92. The normalized spacial score (nSPS) is 18.4. The lowest BCUT2D eigenvalue weighted by atomic mass is 9.92. The monoisotopic (exact) mass is 416 g/mol. The Labute approximate surface area is 182 Å². The molecular formula is C25H28N4O2. The fourth-order valence-electron chi connectivity index (χ4n) is 3.92. The molecule has 0 spiro atoms. The first-order valence-electron chi connectivity index (χ1n) is 10.8. The minimum atomic E-state index is -0.452. The van der Waals surface area contributed by atoms with Crippen molar-refractivity contribution >= 4 is 11.6 Å². The fraction of sp³-hybridized carbons (Fsp3) is 0.320. The number of anilines is 1. The van der Waals surface area contributed by atoms with Crippen LogP contribution < -0.4 is 10.6 Å². The summed E-state index contributed by atoms with van der Waals surface area (Å²) in [6, 6.07) is 13.4. The molecule has 0 aliphatic heterocycles. The number of nitrogens with zero attached hydrogens (tertiary/aromatic N) is 2. The number of aryl methyl sites for hydroxylation is 1. The first kappa shape index (κ1) is 21.0. The molecule has 1 aliphatic carbocycles. The Kier molecular flexibility index (Phi) is 6.57. The maximum absolute atomic E-state index is 12.7. The van der Waals surface area contributed by atoms with E-state index in [9.17, 15) is 9.90 Å². The SMILES string of the molecule is Cc1ccc(C(=O)N[C@H]2CCCC[C@@H]2O)cc1CNc1ccc(-c2cccnc2)nc1. The summed E-state index contributed by atoms with van der Waals surface area (Å²) >= 11 is 0. The number of carbonyl (C=O) groups excluding carboxylic acids is 1. The highest BCUT2D eigenvalue weighted by Gasteiger charge is 2.25. The Bertz CT molecular complexity index is 1020. The molecule has 31 heavy (non-hydrogen) atoms. The number of rotatable bonds is 6. The molecule has 0 bridgehead atoms. The predicted molar refractivity (Wildman–Crippen MR) is 122 cm³/mol. The molecule has 1 saturated carbocycles. The van der Waals surface area contributed by atoms with Crippen molar-refractivity contribution in [2.45, 2.75) is 51.3 Å². The number of benzene rings is 1. The van der Waals surface area contributed by atoms with Gasteiger partial charge in [0.25, 0.3) is 5.91 Å². The third-order valence-corrected chi connectivity index (χ3v) is 5.86. The van der Waals surface area contributed by atoms with Crippen LogP contribution in [0.15, 0.2) is 61.1 Å². The van der Waals surface area contributed by atoms with Crippen molar-refractivity contribution in [1.29, 1.82) is 0 Å². The summed E-state index contributed by atoms with van der Waals surface area (Å²) in [5.74, 6) is -0.130. The Morgan fingerprint density at radius 2 is 2.00 bits per heavy atom. The molecule has 6 heteroatoms. The first-order valence-corrected chi connectivity index (χ1v) is 10.8. The third-order valence-electron chi connectivity index (χ3n) is 5.86. The van der Waals surface area contributed by atoms with Crippen LogP contribution in [0, 0.1) is 6.92 Å². The number of aromatic nitrogens is 2. The average Bonchev–Trinajstić information content (AvgIpc) is 2.81. The lowest BCUT2D eigenvalue weighted by Crippen LogP contribution is -2.45. The van der Waals surface area contributed by atoms with Gasteiger partial charge in [-0.1, -0.05) is 18.9 Å². The van der Waals surface area contributed by atoms with Crippen LogP contribution in [0.5, 0.6) is 0 Å². The van der Waals surface area contributed by atoms with Crippen LogP contribution in [-0.2, 0) is 6.54 Å². The summed E-state index contributed by atoms with van der Waals surface area (Å²) in [6.07, 6.45) is 8.53. The number of carbonyl (C=O) groups is 1. The summed E-state index contributed by atoms with van der Waals surface area (Å²) in [7, 11) is 0. The highest BCUT2D eigenvalue weighted by molar-refractivity contribution is 5.94. The van der Waals surface area contributed by atoms with E-state index in [0.29, 0.717) is 12.1 Å². The van der Waals surface area contributed by atoms with Gasteiger partial charge in [-0.3, -0.25) is 14.8 Å². The van der Waals surface area contributed by atoms with Crippen molar-refractivity contribution < 1.29 is 9.90 Å². The van der Waals surface area contributed by atoms with Gasteiger partial charge >= 0.3 is 0 Å². The zero-order valence-corrected chi connectivity index (χ0v) is 17.7. The highest BCUT2D eigenvalue weighted by atomic mass is 16.3. The van der Waals surface area contributed by atoms with Gasteiger partial charge in [-0.05, 0) is 67.3 Å². The van der Waals surface area contributed by atoms with E-state index in [2.05, 4.69) is 20.6 Å². The molecule has 2 atom stereocenters. The van der Waals surface area contributed by atoms with Gasteiger partial charge in [0.05, 0.1) is 29.7 Å². The average molecular weight is 417 g/mol. The molecule has 0 unspecified atom stereocenters. The number of aliphatic hydroxyl groups excluding tert-OH is 1. The zero-order valence-electron chi connectivity index (χ0n) is 17.7.